The maximum atomic E-state index is 12.7. The summed E-state index contributed by atoms with van der Waals surface area (Å²) in [6.07, 6.45) is 3.59. The van der Waals surface area contributed by atoms with Gasteiger partial charge in [0.25, 0.3) is 0 Å². The van der Waals surface area contributed by atoms with Crippen LogP contribution in [0.4, 0.5) is 5.69 Å². The topological polar surface area (TPSA) is 33.2 Å². The largest absolute Gasteiger partial charge is 0.306 e. The number of amides is 1. The standard InChI is InChI=1S/C17H20N2O/c1-4-17(5-2)12(3)19(16(17)20)14-10-6-8-13-9-7-11-18-15(13)14/h6-12H,4-5H2,1-3H3. The number of β-lactam (4-membered cyclic amide) rings is 1. The van der Waals surface area contributed by atoms with E-state index in [0.29, 0.717) is 0 Å². The number of carbonyl (C=O) groups is 1. The summed E-state index contributed by atoms with van der Waals surface area (Å²) in [7, 11) is 0. The average molecular weight is 268 g/mol. The van der Waals surface area contributed by atoms with Crippen molar-refractivity contribution in [2.24, 2.45) is 5.41 Å². The summed E-state index contributed by atoms with van der Waals surface area (Å²) in [4.78, 5) is 19.1. The fraction of sp³-hybridized carbons (Fsp3) is 0.412. The van der Waals surface area contributed by atoms with Gasteiger partial charge in [-0.1, -0.05) is 32.0 Å². The van der Waals surface area contributed by atoms with E-state index in [0.717, 1.165) is 29.4 Å². The molecule has 1 aliphatic rings. The molecule has 0 spiro atoms. The third-order valence-electron chi connectivity index (χ3n) is 4.96. The van der Waals surface area contributed by atoms with Crippen molar-refractivity contribution < 1.29 is 4.79 Å². The molecule has 1 saturated heterocycles. The smallest absolute Gasteiger partial charge is 0.235 e. The number of para-hydroxylation sites is 1. The van der Waals surface area contributed by atoms with Gasteiger partial charge in [-0.15, -0.1) is 0 Å². The van der Waals surface area contributed by atoms with Crippen molar-refractivity contribution in [2.75, 3.05) is 4.90 Å². The quantitative estimate of drug-likeness (QED) is 0.794. The second kappa shape index (κ2) is 4.58. The van der Waals surface area contributed by atoms with Crippen LogP contribution in [-0.2, 0) is 4.79 Å². The van der Waals surface area contributed by atoms with Gasteiger partial charge in [0.2, 0.25) is 5.91 Å². The Kier molecular flexibility index (Phi) is 3.00. The Morgan fingerprint density at radius 3 is 2.55 bits per heavy atom. The SMILES string of the molecule is CCC1(CC)C(=O)N(c2cccc3cccnc23)C1C. The highest BCUT2D eigenvalue weighted by atomic mass is 16.2. The van der Waals surface area contributed by atoms with Crippen molar-refractivity contribution in [1.29, 1.82) is 0 Å². The first-order chi connectivity index (χ1) is 9.65. The molecular weight excluding hydrogens is 248 g/mol. The van der Waals surface area contributed by atoms with Crippen molar-refractivity contribution in [1.82, 2.24) is 4.98 Å². The Balaban J connectivity index is 2.08. The van der Waals surface area contributed by atoms with Gasteiger partial charge in [0.05, 0.1) is 16.6 Å². The Hall–Kier alpha value is -1.90. The van der Waals surface area contributed by atoms with Crippen molar-refractivity contribution in [3.63, 3.8) is 0 Å². The van der Waals surface area contributed by atoms with Crippen LogP contribution >= 0.6 is 0 Å². The van der Waals surface area contributed by atoms with E-state index in [2.05, 4.69) is 25.8 Å². The summed E-state index contributed by atoms with van der Waals surface area (Å²) in [5.41, 5.74) is 1.67. The van der Waals surface area contributed by atoms with E-state index in [1.807, 2.05) is 35.2 Å². The minimum atomic E-state index is -0.184. The van der Waals surface area contributed by atoms with Gasteiger partial charge in [0, 0.05) is 17.6 Å². The highest BCUT2D eigenvalue weighted by Crippen LogP contribution is 2.48. The van der Waals surface area contributed by atoms with Gasteiger partial charge >= 0.3 is 0 Å². The van der Waals surface area contributed by atoms with E-state index in [1.165, 1.54) is 0 Å². The molecule has 0 saturated carbocycles. The normalized spacial score (nSPS) is 21.1. The molecule has 1 aromatic carbocycles. The Morgan fingerprint density at radius 1 is 1.20 bits per heavy atom. The highest BCUT2D eigenvalue weighted by Gasteiger charge is 2.56. The third-order valence-corrected chi connectivity index (χ3v) is 4.96. The minimum absolute atomic E-state index is 0.184. The van der Waals surface area contributed by atoms with Gasteiger partial charge in [-0.3, -0.25) is 9.78 Å². The predicted octanol–water partition coefficient (Wildman–Crippen LogP) is 3.78. The first-order valence-corrected chi connectivity index (χ1v) is 7.33. The van der Waals surface area contributed by atoms with Crippen LogP contribution in [0.3, 0.4) is 0 Å². The number of hydrogen-bond acceptors (Lipinski definition) is 2. The van der Waals surface area contributed by atoms with Crippen LogP contribution < -0.4 is 4.90 Å². The zero-order chi connectivity index (χ0) is 14.3. The van der Waals surface area contributed by atoms with E-state index in [1.54, 1.807) is 6.20 Å². The minimum Gasteiger partial charge on any atom is -0.306 e. The molecule has 0 bridgehead atoms. The fourth-order valence-corrected chi connectivity index (χ4v) is 3.52. The van der Waals surface area contributed by atoms with Crippen LogP contribution in [0.15, 0.2) is 36.5 Å². The average Bonchev–Trinajstić information content (AvgIpc) is 2.49. The summed E-state index contributed by atoms with van der Waals surface area (Å²) in [6.45, 7) is 6.36. The number of rotatable bonds is 3. The van der Waals surface area contributed by atoms with Crippen LogP contribution in [0.1, 0.15) is 33.6 Å². The molecule has 3 rings (SSSR count). The molecule has 0 radical (unpaired) electrons. The van der Waals surface area contributed by atoms with Crippen molar-refractivity contribution >= 4 is 22.5 Å². The lowest BCUT2D eigenvalue weighted by Crippen LogP contribution is -2.67. The molecule has 3 heteroatoms. The van der Waals surface area contributed by atoms with Crippen LogP contribution in [-0.4, -0.2) is 16.9 Å². The molecule has 3 nitrogen and oxygen atoms in total. The number of benzene rings is 1. The van der Waals surface area contributed by atoms with Crippen molar-refractivity contribution in [3.8, 4) is 0 Å². The second-order valence-corrected chi connectivity index (χ2v) is 5.57. The molecule has 1 unspecified atom stereocenters. The second-order valence-electron chi connectivity index (χ2n) is 5.57. The molecule has 20 heavy (non-hydrogen) atoms. The van der Waals surface area contributed by atoms with E-state index < -0.39 is 0 Å². The van der Waals surface area contributed by atoms with Crippen LogP contribution in [0.5, 0.6) is 0 Å². The number of fused-ring (bicyclic) bond motifs is 1. The molecule has 1 amide bonds. The predicted molar refractivity (Wildman–Crippen MR) is 81.7 cm³/mol. The Labute approximate surface area is 119 Å². The molecule has 1 fully saturated rings. The van der Waals surface area contributed by atoms with E-state index in [9.17, 15) is 4.79 Å². The van der Waals surface area contributed by atoms with E-state index >= 15 is 0 Å². The van der Waals surface area contributed by atoms with Gasteiger partial charge in [0.15, 0.2) is 0 Å². The van der Waals surface area contributed by atoms with Crippen LogP contribution in [0, 0.1) is 5.41 Å². The number of hydrogen-bond donors (Lipinski definition) is 0. The number of pyridine rings is 1. The lowest BCUT2D eigenvalue weighted by molar-refractivity contribution is -0.139. The number of anilines is 1. The zero-order valence-corrected chi connectivity index (χ0v) is 12.3. The summed E-state index contributed by atoms with van der Waals surface area (Å²) in [5, 5.41) is 1.08. The molecule has 2 aromatic rings. The van der Waals surface area contributed by atoms with Crippen LogP contribution in [0.25, 0.3) is 10.9 Å². The number of carbonyl (C=O) groups excluding carboxylic acids is 1. The maximum Gasteiger partial charge on any atom is 0.235 e. The third kappa shape index (κ3) is 1.52. The van der Waals surface area contributed by atoms with Gasteiger partial charge in [-0.05, 0) is 31.9 Å². The summed E-state index contributed by atoms with van der Waals surface area (Å²) < 4.78 is 0. The monoisotopic (exact) mass is 268 g/mol. The summed E-state index contributed by atoms with van der Waals surface area (Å²) >= 11 is 0. The van der Waals surface area contributed by atoms with Crippen molar-refractivity contribution in [2.45, 2.75) is 39.7 Å². The van der Waals surface area contributed by atoms with E-state index in [-0.39, 0.29) is 17.4 Å². The van der Waals surface area contributed by atoms with Crippen molar-refractivity contribution in [3.05, 3.63) is 36.5 Å². The molecule has 104 valence electrons. The number of nitrogens with zero attached hydrogens (tertiary/aromatic N) is 2. The molecular formula is C17H20N2O. The van der Waals surface area contributed by atoms with Gasteiger partial charge in [-0.2, -0.15) is 0 Å². The zero-order valence-electron chi connectivity index (χ0n) is 12.3. The summed E-state index contributed by atoms with van der Waals surface area (Å²) in [6, 6.07) is 10.2. The molecule has 1 aliphatic heterocycles. The van der Waals surface area contributed by atoms with Gasteiger partial charge in [0.1, 0.15) is 0 Å². The van der Waals surface area contributed by atoms with Crippen LogP contribution in [0.2, 0.25) is 0 Å². The summed E-state index contributed by atoms with van der Waals surface area (Å²) in [5.74, 6) is 0.244. The first kappa shape index (κ1) is 13.1. The molecule has 2 heterocycles. The maximum absolute atomic E-state index is 12.7. The lowest BCUT2D eigenvalue weighted by Gasteiger charge is -2.54. The Morgan fingerprint density at radius 2 is 1.90 bits per heavy atom. The number of aromatic nitrogens is 1. The molecule has 1 aromatic heterocycles. The van der Waals surface area contributed by atoms with Gasteiger partial charge in [-0.25, -0.2) is 0 Å². The molecule has 1 atom stereocenters. The highest BCUT2D eigenvalue weighted by molar-refractivity contribution is 6.10. The fourth-order valence-electron chi connectivity index (χ4n) is 3.52. The Bertz CT molecular complexity index is 656. The lowest BCUT2D eigenvalue weighted by atomic mass is 9.67. The van der Waals surface area contributed by atoms with Gasteiger partial charge < -0.3 is 4.90 Å². The molecule has 0 aliphatic carbocycles. The van der Waals surface area contributed by atoms with E-state index in [4.69, 9.17) is 0 Å². The molecule has 0 N–H and O–H groups in total. The first-order valence-electron chi connectivity index (χ1n) is 7.33.